The molecule has 0 aliphatic rings. The summed E-state index contributed by atoms with van der Waals surface area (Å²) >= 11 is 0. The molecule has 0 fully saturated rings. The molecule has 0 atom stereocenters. The van der Waals surface area contributed by atoms with Crippen molar-refractivity contribution in [2.75, 3.05) is 0 Å². The molecule has 4 heterocycles. The number of furan rings is 1. The van der Waals surface area contributed by atoms with Crippen LogP contribution in [0.25, 0.3) is 44.6 Å². The third-order valence-corrected chi connectivity index (χ3v) is 5.37. The summed E-state index contributed by atoms with van der Waals surface area (Å²) in [6.07, 6.45) is 4.20. The molecule has 0 unspecified atom stereocenters. The summed E-state index contributed by atoms with van der Waals surface area (Å²) in [6.45, 7) is -10.5. The third kappa shape index (κ3) is 5.85. The first-order valence-electron chi connectivity index (χ1n) is 17.4. The van der Waals surface area contributed by atoms with Crippen LogP contribution >= 0.6 is 0 Å². The maximum absolute atomic E-state index is 8.38. The summed E-state index contributed by atoms with van der Waals surface area (Å²) in [7, 11) is 0. The Morgan fingerprint density at radius 3 is 2.51 bits per heavy atom. The molecule has 0 aliphatic heterocycles. The molecule has 2 aromatic carbocycles. The second-order valence-electron chi connectivity index (χ2n) is 7.78. The third-order valence-electron chi connectivity index (χ3n) is 5.37. The second-order valence-corrected chi connectivity index (χ2v) is 7.78. The number of fused-ring (bicyclic) bond motifs is 3. The van der Waals surface area contributed by atoms with Gasteiger partial charge in [0.05, 0.1) is 5.58 Å². The Kier molecular flexibility index (Phi) is 4.49. The Labute approximate surface area is 249 Å². The standard InChI is InChI=1S/C19H15N2O.C13H12N.Ir/c1-12(2)13-8-10-20-17(11-13)16-6-3-5-14-15-7-4-9-21-19(15)22-18(14)16;1-10-3-6-12(7-4-10)13-8-5-11(2)9-14-13;/h3-5,7-12H,1-2H3;3-6,8-9H,1-2H3;/q2*-1;/i1D3,2D3,12D;1D3,2D3;. The average molecular weight is 675 g/mol. The Hall–Kier alpha value is -3.66. The van der Waals surface area contributed by atoms with Crippen LogP contribution in [0.5, 0.6) is 0 Å². The molecule has 6 aromatic rings. The first-order valence-corrected chi connectivity index (χ1v) is 10.9. The van der Waals surface area contributed by atoms with E-state index in [1.807, 2.05) is 12.1 Å². The van der Waals surface area contributed by atoms with Crippen molar-refractivity contribution in [3.05, 3.63) is 114 Å². The van der Waals surface area contributed by atoms with E-state index < -0.39 is 33.3 Å². The minimum absolute atomic E-state index is 0. The Bertz CT molecular complexity index is 2020. The minimum atomic E-state index is -3.07. The van der Waals surface area contributed by atoms with Gasteiger partial charge in [-0.05, 0) is 47.9 Å². The van der Waals surface area contributed by atoms with Crippen LogP contribution < -0.4 is 0 Å². The van der Waals surface area contributed by atoms with Crippen molar-refractivity contribution in [1.29, 1.82) is 0 Å². The molecule has 0 saturated heterocycles. The number of aromatic nitrogens is 3. The fourth-order valence-electron chi connectivity index (χ4n) is 3.63. The molecule has 0 saturated carbocycles. The number of aryl methyl sites for hydroxylation is 2. The van der Waals surface area contributed by atoms with Crippen LogP contribution in [-0.4, -0.2) is 15.0 Å². The zero-order valence-corrected chi connectivity index (χ0v) is 21.6. The van der Waals surface area contributed by atoms with E-state index >= 15 is 0 Å². The normalized spacial score (nSPS) is 17.6. The quantitative estimate of drug-likeness (QED) is 0.178. The summed E-state index contributed by atoms with van der Waals surface area (Å²) in [6, 6.07) is 23.1. The van der Waals surface area contributed by atoms with Gasteiger partial charge in [-0.25, -0.2) is 4.98 Å². The fourth-order valence-corrected chi connectivity index (χ4v) is 3.63. The van der Waals surface area contributed by atoms with E-state index in [1.165, 1.54) is 42.7 Å². The maximum Gasteiger partial charge on any atom is 0.216 e. The van der Waals surface area contributed by atoms with E-state index in [2.05, 4.69) is 27.1 Å². The first kappa shape index (κ1) is 14.3. The largest absolute Gasteiger partial charge is 0.486 e. The van der Waals surface area contributed by atoms with Crippen LogP contribution in [0.2, 0.25) is 0 Å². The predicted octanol–water partition coefficient (Wildman–Crippen LogP) is 8.13. The summed E-state index contributed by atoms with van der Waals surface area (Å²) in [5.41, 5.74) is 2.94. The summed E-state index contributed by atoms with van der Waals surface area (Å²) < 4.78 is 104. The van der Waals surface area contributed by atoms with Gasteiger partial charge in [0.15, 0.2) is 0 Å². The molecular weight excluding hydrogens is 635 g/mol. The molecule has 6 rings (SSSR count). The van der Waals surface area contributed by atoms with Gasteiger partial charge in [0.1, 0.15) is 0 Å². The van der Waals surface area contributed by atoms with Crippen LogP contribution in [0.4, 0.5) is 0 Å². The van der Waals surface area contributed by atoms with Crippen molar-refractivity contribution in [3.8, 4) is 22.5 Å². The van der Waals surface area contributed by atoms with E-state index in [4.69, 9.17) is 22.2 Å². The monoisotopic (exact) mass is 675 g/mol. The molecule has 0 amide bonds. The number of nitrogens with zero attached hydrogens (tertiary/aromatic N) is 3. The topological polar surface area (TPSA) is 51.8 Å². The Morgan fingerprint density at radius 2 is 1.76 bits per heavy atom. The Balaban J connectivity index is 0.000000236. The van der Waals surface area contributed by atoms with Crippen LogP contribution in [-0.2, 0) is 20.1 Å². The van der Waals surface area contributed by atoms with Crippen LogP contribution in [0.3, 0.4) is 0 Å². The number of benzene rings is 2. The van der Waals surface area contributed by atoms with Gasteiger partial charge in [-0.3, -0.25) is 0 Å². The van der Waals surface area contributed by atoms with E-state index in [0.29, 0.717) is 28.1 Å². The van der Waals surface area contributed by atoms with Crippen LogP contribution in [0.15, 0.2) is 89.7 Å². The van der Waals surface area contributed by atoms with Gasteiger partial charge in [0.2, 0.25) is 5.71 Å². The zero-order valence-electron chi connectivity index (χ0n) is 32.2. The molecule has 37 heavy (non-hydrogen) atoms. The maximum atomic E-state index is 8.38. The van der Waals surface area contributed by atoms with Crippen molar-refractivity contribution < 1.29 is 42.3 Å². The summed E-state index contributed by atoms with van der Waals surface area (Å²) in [5.74, 6) is -2.80. The molecule has 0 aliphatic carbocycles. The van der Waals surface area contributed by atoms with Gasteiger partial charge in [-0.15, -0.1) is 53.6 Å². The SMILES string of the molecule is [2H]C([2H])([2H])C([2H])(c1ccnc(-c2[c-]ccc3c2oc2ncccc23)c1)C([2H])([2H])[2H].[2H]C([2H])([2H])c1c[c-]c(-c2ccc(C([2H])([2H])[2H])cn2)cc1.[Ir]. The number of pyridine rings is 3. The molecule has 0 spiro atoms. The molecular formula is C32H27IrN3O-2. The molecule has 1 radical (unpaired) electrons. The predicted molar refractivity (Wildman–Crippen MR) is 146 cm³/mol. The van der Waals surface area contributed by atoms with Crippen molar-refractivity contribution in [2.45, 2.75) is 33.3 Å². The van der Waals surface area contributed by atoms with Gasteiger partial charge in [0, 0.05) is 61.9 Å². The van der Waals surface area contributed by atoms with Crippen molar-refractivity contribution in [3.63, 3.8) is 0 Å². The number of hydrogen-bond acceptors (Lipinski definition) is 4. The van der Waals surface area contributed by atoms with E-state index in [0.717, 1.165) is 10.8 Å². The smallest absolute Gasteiger partial charge is 0.216 e. The number of rotatable bonds is 3. The van der Waals surface area contributed by atoms with Gasteiger partial charge >= 0.3 is 0 Å². The molecule has 0 bridgehead atoms. The van der Waals surface area contributed by atoms with Crippen LogP contribution in [0.1, 0.15) is 54.1 Å². The molecule has 0 N–H and O–H groups in total. The van der Waals surface area contributed by atoms with E-state index in [9.17, 15) is 0 Å². The van der Waals surface area contributed by atoms with E-state index in [1.54, 1.807) is 30.5 Å². The van der Waals surface area contributed by atoms with Crippen molar-refractivity contribution in [1.82, 2.24) is 15.0 Å². The first-order chi connectivity index (χ1) is 22.7. The Morgan fingerprint density at radius 1 is 0.865 bits per heavy atom. The zero-order chi connectivity index (χ0) is 36.0. The van der Waals surface area contributed by atoms with Gasteiger partial charge in [-0.1, -0.05) is 55.3 Å². The molecule has 4 aromatic heterocycles. The van der Waals surface area contributed by atoms with Crippen molar-refractivity contribution in [2.24, 2.45) is 0 Å². The number of hydrogen-bond donors (Lipinski definition) is 0. The van der Waals surface area contributed by atoms with Gasteiger partial charge < -0.3 is 14.4 Å². The second kappa shape index (κ2) is 11.6. The van der Waals surface area contributed by atoms with Crippen molar-refractivity contribution >= 4 is 22.1 Å². The van der Waals surface area contributed by atoms with Crippen LogP contribution in [0, 0.1) is 25.8 Å². The molecule has 5 heteroatoms. The summed E-state index contributed by atoms with van der Waals surface area (Å²) in [4.78, 5) is 12.5. The molecule has 4 nitrogen and oxygen atoms in total. The molecule has 187 valence electrons. The summed E-state index contributed by atoms with van der Waals surface area (Å²) in [5, 5.41) is 1.58. The average Bonchev–Trinajstić information content (AvgIpc) is 3.42. The minimum Gasteiger partial charge on any atom is -0.486 e. The fraction of sp³-hybridized carbons (Fsp3) is 0.156. The van der Waals surface area contributed by atoms with Gasteiger partial charge in [-0.2, -0.15) is 0 Å². The van der Waals surface area contributed by atoms with E-state index in [-0.39, 0.29) is 42.5 Å². The van der Waals surface area contributed by atoms with Gasteiger partial charge in [0.25, 0.3) is 0 Å².